The number of amides is 1. The SMILES string of the molecule is O=C1/C(=C/c2cccc(Br)c2)NC(=S)N1Cc1ccccc1. The average Bonchev–Trinajstić information content (AvgIpc) is 2.76. The van der Waals surface area contributed by atoms with Crippen molar-refractivity contribution in [1.82, 2.24) is 10.2 Å². The van der Waals surface area contributed by atoms with E-state index in [2.05, 4.69) is 21.2 Å². The number of rotatable bonds is 3. The van der Waals surface area contributed by atoms with Gasteiger partial charge in [-0.25, -0.2) is 0 Å². The standard InChI is InChI=1S/C17H13BrN2OS/c18-14-8-4-7-13(9-14)10-15-16(21)20(17(22)19-15)11-12-5-2-1-3-6-12/h1-10H,11H2,(H,19,22)/b15-10-. The highest BCUT2D eigenvalue weighted by molar-refractivity contribution is 9.10. The summed E-state index contributed by atoms with van der Waals surface area (Å²) in [7, 11) is 0. The summed E-state index contributed by atoms with van der Waals surface area (Å²) in [4.78, 5) is 14.1. The Balaban J connectivity index is 1.82. The van der Waals surface area contributed by atoms with Gasteiger partial charge >= 0.3 is 0 Å². The van der Waals surface area contributed by atoms with Crippen LogP contribution in [0.4, 0.5) is 0 Å². The fourth-order valence-corrected chi connectivity index (χ4v) is 2.92. The van der Waals surface area contributed by atoms with Gasteiger partial charge in [0.15, 0.2) is 5.11 Å². The third-order valence-electron chi connectivity index (χ3n) is 3.31. The third kappa shape index (κ3) is 3.26. The van der Waals surface area contributed by atoms with E-state index in [4.69, 9.17) is 12.2 Å². The molecule has 1 fully saturated rings. The summed E-state index contributed by atoms with van der Waals surface area (Å²) in [6.45, 7) is 0.474. The lowest BCUT2D eigenvalue weighted by Crippen LogP contribution is -2.29. The Hall–Kier alpha value is -1.98. The zero-order chi connectivity index (χ0) is 15.5. The molecule has 1 N–H and O–H groups in total. The molecule has 0 atom stereocenters. The summed E-state index contributed by atoms with van der Waals surface area (Å²) >= 11 is 8.70. The molecule has 0 aliphatic carbocycles. The topological polar surface area (TPSA) is 32.3 Å². The minimum atomic E-state index is -0.103. The first-order valence-electron chi connectivity index (χ1n) is 6.77. The van der Waals surface area contributed by atoms with Crippen molar-refractivity contribution in [3.8, 4) is 0 Å². The van der Waals surface area contributed by atoms with Crippen molar-refractivity contribution in [1.29, 1.82) is 0 Å². The van der Waals surface area contributed by atoms with E-state index in [0.29, 0.717) is 17.4 Å². The van der Waals surface area contributed by atoms with Crippen molar-refractivity contribution in [3.63, 3.8) is 0 Å². The summed E-state index contributed by atoms with van der Waals surface area (Å²) < 4.78 is 0.969. The van der Waals surface area contributed by atoms with E-state index in [1.165, 1.54) is 0 Å². The van der Waals surface area contributed by atoms with Gasteiger partial charge in [-0.1, -0.05) is 58.4 Å². The molecule has 5 heteroatoms. The van der Waals surface area contributed by atoms with E-state index < -0.39 is 0 Å². The van der Waals surface area contributed by atoms with Gasteiger partial charge in [0.1, 0.15) is 5.70 Å². The van der Waals surface area contributed by atoms with E-state index >= 15 is 0 Å². The molecule has 1 heterocycles. The fourth-order valence-electron chi connectivity index (χ4n) is 2.24. The van der Waals surface area contributed by atoms with Crippen molar-refractivity contribution in [2.75, 3.05) is 0 Å². The monoisotopic (exact) mass is 372 g/mol. The minimum absolute atomic E-state index is 0.103. The lowest BCUT2D eigenvalue weighted by atomic mass is 10.2. The molecule has 1 amide bonds. The third-order valence-corrected chi connectivity index (χ3v) is 4.12. The fraction of sp³-hybridized carbons (Fsp3) is 0.0588. The molecule has 1 saturated heterocycles. The molecule has 0 aromatic heterocycles. The number of nitrogens with one attached hydrogen (secondary N) is 1. The first kappa shape index (κ1) is 14.9. The largest absolute Gasteiger partial charge is 0.328 e. The summed E-state index contributed by atoms with van der Waals surface area (Å²) in [6, 6.07) is 17.6. The predicted molar refractivity (Wildman–Crippen MR) is 94.8 cm³/mol. The molecule has 1 aliphatic rings. The minimum Gasteiger partial charge on any atom is -0.328 e. The van der Waals surface area contributed by atoms with Gasteiger partial charge in [0.05, 0.1) is 6.54 Å². The Labute approximate surface area is 142 Å². The van der Waals surface area contributed by atoms with Gasteiger partial charge in [-0.05, 0) is 41.6 Å². The van der Waals surface area contributed by atoms with Gasteiger partial charge in [0, 0.05) is 4.47 Å². The number of nitrogens with zero attached hydrogens (tertiary/aromatic N) is 1. The van der Waals surface area contributed by atoms with Gasteiger partial charge in [0.25, 0.3) is 5.91 Å². The van der Waals surface area contributed by atoms with E-state index in [0.717, 1.165) is 15.6 Å². The maximum absolute atomic E-state index is 12.5. The number of hydrogen-bond acceptors (Lipinski definition) is 2. The molecule has 22 heavy (non-hydrogen) atoms. The van der Waals surface area contributed by atoms with Crippen LogP contribution in [0.3, 0.4) is 0 Å². The number of carbonyl (C=O) groups is 1. The van der Waals surface area contributed by atoms with Gasteiger partial charge in [-0.15, -0.1) is 0 Å². The smallest absolute Gasteiger partial charge is 0.276 e. The second kappa shape index (κ2) is 6.42. The summed E-state index contributed by atoms with van der Waals surface area (Å²) in [5, 5.41) is 3.44. The van der Waals surface area contributed by atoms with Crippen LogP contribution < -0.4 is 5.32 Å². The molecular formula is C17H13BrN2OS. The Morgan fingerprint density at radius 3 is 2.64 bits per heavy atom. The van der Waals surface area contributed by atoms with Crippen LogP contribution in [-0.2, 0) is 11.3 Å². The van der Waals surface area contributed by atoms with Crippen LogP contribution in [0.5, 0.6) is 0 Å². The van der Waals surface area contributed by atoms with Crippen molar-refractivity contribution in [2.45, 2.75) is 6.54 Å². The van der Waals surface area contributed by atoms with Crippen molar-refractivity contribution in [3.05, 3.63) is 75.9 Å². The Morgan fingerprint density at radius 2 is 1.91 bits per heavy atom. The molecule has 110 valence electrons. The van der Waals surface area contributed by atoms with Crippen LogP contribution in [0.15, 0.2) is 64.8 Å². The highest BCUT2D eigenvalue weighted by Crippen LogP contribution is 2.19. The number of benzene rings is 2. The van der Waals surface area contributed by atoms with E-state index in [9.17, 15) is 4.79 Å². The number of halogens is 1. The molecule has 1 aliphatic heterocycles. The summed E-state index contributed by atoms with van der Waals surface area (Å²) in [5.41, 5.74) is 2.48. The molecule has 0 unspecified atom stereocenters. The quantitative estimate of drug-likeness (QED) is 0.658. The average molecular weight is 373 g/mol. The summed E-state index contributed by atoms with van der Waals surface area (Å²) in [5.74, 6) is -0.103. The van der Waals surface area contributed by atoms with Crippen LogP contribution in [0.1, 0.15) is 11.1 Å². The normalized spacial score (nSPS) is 16.2. The van der Waals surface area contributed by atoms with E-state index in [1.54, 1.807) is 4.90 Å². The first-order chi connectivity index (χ1) is 10.6. The first-order valence-corrected chi connectivity index (χ1v) is 7.97. The molecule has 0 spiro atoms. The lowest BCUT2D eigenvalue weighted by Gasteiger charge is -2.13. The van der Waals surface area contributed by atoms with Crippen LogP contribution >= 0.6 is 28.1 Å². The second-order valence-corrected chi connectivity index (χ2v) is 6.22. The van der Waals surface area contributed by atoms with Gasteiger partial charge in [-0.2, -0.15) is 0 Å². The van der Waals surface area contributed by atoms with Crippen molar-refractivity contribution < 1.29 is 4.79 Å². The molecule has 2 aromatic carbocycles. The van der Waals surface area contributed by atoms with Crippen LogP contribution in [0.2, 0.25) is 0 Å². The molecule has 0 radical (unpaired) electrons. The molecule has 0 saturated carbocycles. The number of hydrogen-bond donors (Lipinski definition) is 1. The molecule has 2 aromatic rings. The maximum atomic E-state index is 12.5. The van der Waals surface area contributed by atoms with Crippen LogP contribution in [0, 0.1) is 0 Å². The molecule has 3 nitrogen and oxygen atoms in total. The van der Waals surface area contributed by atoms with Gasteiger partial charge in [0.2, 0.25) is 0 Å². The predicted octanol–water partition coefficient (Wildman–Crippen LogP) is 3.71. The molecule has 0 bridgehead atoms. The highest BCUT2D eigenvalue weighted by atomic mass is 79.9. The molecule has 3 rings (SSSR count). The van der Waals surface area contributed by atoms with E-state index in [-0.39, 0.29) is 5.91 Å². The van der Waals surface area contributed by atoms with Crippen molar-refractivity contribution >= 4 is 45.2 Å². The number of thiocarbonyl (C=S) groups is 1. The van der Waals surface area contributed by atoms with E-state index in [1.807, 2.05) is 60.7 Å². The lowest BCUT2D eigenvalue weighted by molar-refractivity contribution is -0.122. The van der Waals surface area contributed by atoms with Crippen LogP contribution in [-0.4, -0.2) is 15.9 Å². The highest BCUT2D eigenvalue weighted by Gasteiger charge is 2.30. The Kier molecular flexibility index (Phi) is 4.36. The number of carbonyl (C=O) groups excluding carboxylic acids is 1. The maximum Gasteiger partial charge on any atom is 0.276 e. The Bertz CT molecular complexity index is 758. The van der Waals surface area contributed by atoms with Gasteiger partial charge in [-0.3, -0.25) is 9.69 Å². The second-order valence-electron chi connectivity index (χ2n) is 4.92. The Morgan fingerprint density at radius 1 is 1.14 bits per heavy atom. The zero-order valence-electron chi connectivity index (χ0n) is 11.6. The van der Waals surface area contributed by atoms with Crippen molar-refractivity contribution in [2.24, 2.45) is 0 Å². The molecular weight excluding hydrogens is 360 g/mol. The summed E-state index contributed by atoms with van der Waals surface area (Å²) in [6.07, 6.45) is 1.81. The van der Waals surface area contributed by atoms with Gasteiger partial charge < -0.3 is 5.32 Å². The van der Waals surface area contributed by atoms with Crippen LogP contribution in [0.25, 0.3) is 6.08 Å². The zero-order valence-corrected chi connectivity index (χ0v) is 14.0.